The predicted molar refractivity (Wildman–Crippen MR) is 187 cm³/mol. The Bertz CT molecular complexity index is 2750. The smallest absolute Gasteiger partial charge is 0.0724 e. The summed E-state index contributed by atoms with van der Waals surface area (Å²) in [6.45, 7) is 0. The van der Waals surface area contributed by atoms with Gasteiger partial charge in [0.1, 0.15) is 0 Å². The summed E-state index contributed by atoms with van der Waals surface area (Å²) in [5.41, 5.74) is 10.5. The van der Waals surface area contributed by atoms with Crippen molar-refractivity contribution in [2.24, 2.45) is 0 Å². The highest BCUT2D eigenvalue weighted by Crippen LogP contribution is 2.40. The Morgan fingerprint density at radius 2 is 0.778 bits per heavy atom. The number of pyridine rings is 1. The lowest BCUT2D eigenvalue weighted by molar-refractivity contribution is 1.16. The molecule has 0 N–H and O–H groups in total. The molecule has 0 aliphatic carbocycles. The van der Waals surface area contributed by atoms with Crippen molar-refractivity contribution >= 4 is 65.4 Å². The molecule has 4 aromatic heterocycles. The molecule has 210 valence electrons. The molecule has 45 heavy (non-hydrogen) atoms. The predicted octanol–water partition coefficient (Wildman–Crippen LogP) is 10.4. The van der Waals surface area contributed by atoms with Gasteiger partial charge in [-0.25, -0.2) is 0 Å². The van der Waals surface area contributed by atoms with Gasteiger partial charge < -0.3 is 13.7 Å². The van der Waals surface area contributed by atoms with Crippen LogP contribution in [0.2, 0.25) is 0 Å². The van der Waals surface area contributed by atoms with E-state index in [1.807, 2.05) is 12.4 Å². The highest BCUT2D eigenvalue weighted by atomic mass is 15.0. The highest BCUT2D eigenvalue weighted by Gasteiger charge is 2.19. The number of rotatable bonds is 3. The molecule has 0 amide bonds. The van der Waals surface area contributed by atoms with E-state index in [-0.39, 0.29) is 0 Å². The summed E-state index contributed by atoms with van der Waals surface area (Å²) in [6.07, 6.45) is 3.87. The minimum Gasteiger partial charge on any atom is -0.309 e. The topological polar surface area (TPSA) is 27.7 Å². The molecule has 4 heteroatoms. The van der Waals surface area contributed by atoms with E-state index >= 15 is 0 Å². The quantitative estimate of drug-likeness (QED) is 0.206. The van der Waals surface area contributed by atoms with E-state index in [9.17, 15) is 0 Å². The zero-order chi connectivity index (χ0) is 29.5. The third-order valence-corrected chi connectivity index (χ3v) is 9.31. The number of fused-ring (bicyclic) bond motifs is 9. The minimum atomic E-state index is 1.11. The van der Waals surface area contributed by atoms with Crippen LogP contribution in [0.5, 0.6) is 0 Å². The molecule has 0 bridgehead atoms. The largest absolute Gasteiger partial charge is 0.309 e. The molecule has 10 rings (SSSR count). The zero-order valence-electron chi connectivity index (χ0n) is 24.3. The maximum Gasteiger partial charge on any atom is 0.0724 e. The normalized spacial score (nSPS) is 12.0. The number of hydrogen-bond donors (Lipinski definition) is 0. The summed E-state index contributed by atoms with van der Waals surface area (Å²) < 4.78 is 7.15. The number of nitrogens with zero attached hydrogens (tertiary/aromatic N) is 4. The van der Waals surface area contributed by atoms with Gasteiger partial charge in [-0.3, -0.25) is 4.98 Å². The van der Waals surface area contributed by atoms with Crippen LogP contribution in [0.3, 0.4) is 0 Å². The molecule has 0 spiro atoms. The van der Waals surface area contributed by atoms with Crippen molar-refractivity contribution in [3.63, 3.8) is 0 Å². The van der Waals surface area contributed by atoms with Crippen molar-refractivity contribution in [2.75, 3.05) is 0 Å². The van der Waals surface area contributed by atoms with Gasteiger partial charge >= 0.3 is 0 Å². The average molecular weight is 575 g/mol. The van der Waals surface area contributed by atoms with Crippen LogP contribution in [0, 0.1) is 0 Å². The fourth-order valence-electron chi connectivity index (χ4n) is 7.41. The molecule has 0 fully saturated rings. The highest BCUT2D eigenvalue weighted by molar-refractivity contribution is 6.19. The van der Waals surface area contributed by atoms with Crippen LogP contribution in [0.1, 0.15) is 0 Å². The maximum absolute atomic E-state index is 4.50. The minimum absolute atomic E-state index is 1.11. The van der Waals surface area contributed by atoms with Crippen LogP contribution in [-0.4, -0.2) is 18.7 Å². The SMILES string of the molecule is c1ccc(-n2c3ccc(-n4c5ccccc5c5cc6c(cc54)c4ccccc4n6-c4ccccc4)cc3c3ccncc32)cc1. The monoisotopic (exact) mass is 574 g/mol. The third kappa shape index (κ3) is 3.39. The molecule has 0 aliphatic rings. The number of benzene rings is 6. The van der Waals surface area contributed by atoms with Gasteiger partial charge in [0, 0.05) is 55.6 Å². The summed E-state index contributed by atoms with van der Waals surface area (Å²) in [4.78, 5) is 4.50. The summed E-state index contributed by atoms with van der Waals surface area (Å²) in [6, 6.07) is 52.5. The van der Waals surface area contributed by atoms with Gasteiger partial charge in [-0.15, -0.1) is 0 Å². The first kappa shape index (κ1) is 24.3. The molecule has 10 aromatic rings. The van der Waals surface area contributed by atoms with E-state index in [2.05, 4.69) is 164 Å². The molecular weight excluding hydrogens is 548 g/mol. The molecule has 0 saturated heterocycles. The van der Waals surface area contributed by atoms with Gasteiger partial charge in [-0.1, -0.05) is 72.8 Å². The van der Waals surface area contributed by atoms with E-state index in [0.717, 1.165) is 16.9 Å². The number of para-hydroxylation sites is 4. The third-order valence-electron chi connectivity index (χ3n) is 9.31. The molecule has 0 radical (unpaired) electrons. The Kier molecular flexibility index (Phi) is 4.96. The van der Waals surface area contributed by atoms with E-state index in [1.54, 1.807) is 0 Å². The molecule has 0 atom stereocenters. The molecule has 0 unspecified atom stereocenters. The van der Waals surface area contributed by atoms with Gasteiger partial charge in [0.2, 0.25) is 0 Å². The van der Waals surface area contributed by atoms with Gasteiger partial charge in [-0.2, -0.15) is 0 Å². The van der Waals surface area contributed by atoms with Crippen molar-refractivity contribution in [1.82, 2.24) is 18.7 Å². The maximum atomic E-state index is 4.50. The lowest BCUT2D eigenvalue weighted by Crippen LogP contribution is -1.96. The molecule has 0 saturated carbocycles. The van der Waals surface area contributed by atoms with E-state index in [0.29, 0.717) is 0 Å². The Balaban J connectivity index is 1.31. The summed E-state index contributed by atoms with van der Waals surface area (Å²) in [7, 11) is 0. The van der Waals surface area contributed by atoms with E-state index in [4.69, 9.17) is 0 Å². The van der Waals surface area contributed by atoms with Crippen molar-refractivity contribution < 1.29 is 0 Å². The second kappa shape index (κ2) is 9.18. The second-order valence-electron chi connectivity index (χ2n) is 11.7. The first-order chi connectivity index (χ1) is 22.3. The summed E-state index contributed by atoms with van der Waals surface area (Å²) in [5, 5.41) is 7.40. The molecular formula is C41H26N4. The lowest BCUT2D eigenvalue weighted by Gasteiger charge is -2.11. The van der Waals surface area contributed by atoms with Crippen LogP contribution >= 0.6 is 0 Å². The van der Waals surface area contributed by atoms with Gasteiger partial charge in [0.15, 0.2) is 0 Å². The van der Waals surface area contributed by atoms with Crippen molar-refractivity contribution in [1.29, 1.82) is 0 Å². The number of hydrogen-bond acceptors (Lipinski definition) is 1. The molecule has 4 nitrogen and oxygen atoms in total. The van der Waals surface area contributed by atoms with Crippen molar-refractivity contribution in [3.8, 4) is 17.1 Å². The van der Waals surface area contributed by atoms with Crippen LogP contribution in [-0.2, 0) is 0 Å². The van der Waals surface area contributed by atoms with E-state index < -0.39 is 0 Å². The Morgan fingerprint density at radius 3 is 1.40 bits per heavy atom. The van der Waals surface area contributed by atoms with Gasteiger partial charge in [0.25, 0.3) is 0 Å². The molecule has 0 aliphatic heterocycles. The summed E-state index contributed by atoms with van der Waals surface area (Å²) >= 11 is 0. The Morgan fingerprint density at radius 1 is 0.311 bits per heavy atom. The van der Waals surface area contributed by atoms with Crippen LogP contribution in [0.4, 0.5) is 0 Å². The van der Waals surface area contributed by atoms with E-state index in [1.165, 1.54) is 65.6 Å². The lowest BCUT2D eigenvalue weighted by atomic mass is 10.1. The van der Waals surface area contributed by atoms with Crippen LogP contribution < -0.4 is 0 Å². The molecule has 4 heterocycles. The first-order valence-corrected chi connectivity index (χ1v) is 15.3. The zero-order valence-corrected chi connectivity index (χ0v) is 24.3. The Hall–Kier alpha value is -6.13. The average Bonchev–Trinajstić information content (AvgIpc) is 3.73. The van der Waals surface area contributed by atoms with Gasteiger partial charge in [-0.05, 0) is 72.8 Å². The number of aromatic nitrogens is 4. The fraction of sp³-hybridized carbons (Fsp3) is 0. The Labute approximate surface area is 258 Å². The fourth-order valence-corrected chi connectivity index (χ4v) is 7.41. The molecule has 6 aromatic carbocycles. The van der Waals surface area contributed by atoms with Crippen molar-refractivity contribution in [3.05, 3.63) is 158 Å². The van der Waals surface area contributed by atoms with Crippen LogP contribution in [0.15, 0.2) is 158 Å². The van der Waals surface area contributed by atoms with Crippen molar-refractivity contribution in [2.45, 2.75) is 0 Å². The van der Waals surface area contributed by atoms with Crippen LogP contribution in [0.25, 0.3) is 82.5 Å². The van der Waals surface area contributed by atoms with Gasteiger partial charge in [0.05, 0.1) is 39.3 Å². The second-order valence-corrected chi connectivity index (χ2v) is 11.7. The first-order valence-electron chi connectivity index (χ1n) is 15.3. The summed E-state index contributed by atoms with van der Waals surface area (Å²) in [5.74, 6) is 0. The standard InChI is InChI=1S/C41H26N4/c1-3-11-27(12-4-1)43-36-17-9-7-15-30(36)34-25-40-35(24-39(34)43)31-16-8-10-18-37(31)45(40)29-19-20-38-33(23-29)32-21-22-42-26-41(32)44(38)28-13-5-2-6-14-28/h1-26H.